The maximum Gasteiger partial charge on any atom is 0.272 e. The Morgan fingerprint density at radius 2 is 1.72 bits per heavy atom. The molecule has 0 fully saturated rings. The van der Waals surface area contributed by atoms with Gasteiger partial charge in [0, 0.05) is 12.2 Å². The van der Waals surface area contributed by atoms with Crippen LogP contribution >= 0.6 is 11.5 Å². The second-order valence-corrected chi connectivity index (χ2v) is 8.31. The molecule has 3 aromatic rings. The number of hydrogen-bond donors (Lipinski definition) is 3. The third-order valence-corrected chi connectivity index (χ3v) is 5.79. The molecule has 2 aromatic carbocycles. The van der Waals surface area contributed by atoms with Gasteiger partial charge in [-0.25, -0.2) is 0 Å². The van der Waals surface area contributed by atoms with E-state index in [1.165, 1.54) is 4.90 Å². The van der Waals surface area contributed by atoms with Gasteiger partial charge >= 0.3 is 0 Å². The van der Waals surface area contributed by atoms with Gasteiger partial charge in [0.25, 0.3) is 11.8 Å². The molecule has 0 aliphatic carbocycles. The van der Waals surface area contributed by atoms with Crippen LogP contribution in [0.25, 0.3) is 0 Å². The number of nitrogens with one attached hydrogen (secondary N) is 1. The number of aryl methyl sites for hydroxylation is 2. The van der Waals surface area contributed by atoms with Crippen molar-refractivity contribution in [3.8, 4) is 0 Å². The Morgan fingerprint density at radius 3 is 2.28 bits per heavy atom. The summed E-state index contributed by atoms with van der Waals surface area (Å²) in [6.45, 7) is 5.78. The van der Waals surface area contributed by atoms with E-state index in [9.17, 15) is 14.4 Å². The van der Waals surface area contributed by atoms with Crippen LogP contribution in [0.1, 0.15) is 43.8 Å². The number of rotatable bonds is 7. The molecule has 5 N–H and O–H groups in total. The van der Waals surface area contributed by atoms with Crippen LogP contribution in [0.5, 0.6) is 0 Å². The van der Waals surface area contributed by atoms with Crippen LogP contribution in [0.4, 0.5) is 11.4 Å². The predicted octanol–water partition coefficient (Wildman–Crippen LogP) is 2.79. The van der Waals surface area contributed by atoms with Crippen LogP contribution in [-0.2, 0) is 11.3 Å². The lowest BCUT2D eigenvalue weighted by atomic mass is 10.1. The van der Waals surface area contributed by atoms with Gasteiger partial charge in [0.15, 0.2) is 5.69 Å². The summed E-state index contributed by atoms with van der Waals surface area (Å²) >= 11 is 0.785. The summed E-state index contributed by atoms with van der Waals surface area (Å²) in [5.41, 5.74) is 14.4. The Bertz CT molecular complexity index is 1140. The summed E-state index contributed by atoms with van der Waals surface area (Å²) in [4.78, 5) is 39.5. The monoisotopic (exact) mass is 451 g/mol. The number of benzene rings is 2. The number of nitrogens with two attached hydrogens (primary N) is 2. The van der Waals surface area contributed by atoms with E-state index < -0.39 is 17.9 Å². The maximum absolute atomic E-state index is 13.5. The molecule has 0 saturated heterocycles. The molecule has 166 valence electrons. The highest BCUT2D eigenvalue weighted by Gasteiger charge is 2.32. The van der Waals surface area contributed by atoms with Gasteiger partial charge < -0.3 is 16.8 Å². The molecule has 0 saturated carbocycles. The number of carbonyl (C=O) groups is 3. The zero-order valence-corrected chi connectivity index (χ0v) is 18.9. The van der Waals surface area contributed by atoms with Crippen molar-refractivity contribution >= 4 is 40.6 Å². The maximum atomic E-state index is 13.5. The van der Waals surface area contributed by atoms with Gasteiger partial charge in [0.1, 0.15) is 10.9 Å². The molecule has 3 amide bonds. The highest BCUT2D eigenvalue weighted by atomic mass is 32.1. The van der Waals surface area contributed by atoms with E-state index in [1.807, 2.05) is 62.4 Å². The van der Waals surface area contributed by atoms with E-state index in [-0.39, 0.29) is 22.2 Å². The summed E-state index contributed by atoms with van der Waals surface area (Å²) in [5, 5.41) is 2.87. The number of carbonyl (C=O) groups excluding carboxylic acids is 3. The van der Waals surface area contributed by atoms with Gasteiger partial charge in [0.05, 0.1) is 5.69 Å². The standard InChI is InChI=1S/C23H25N5O3S/c1-13-9-14(2)11-17(10-13)28(23(31)20-18(24)19(21(25)29)27-32-20)15(3)22(30)26-12-16-7-5-4-6-8-16/h4-11,15H,12,24H2,1-3H3,(H2,25,29)(H,26,30). The summed E-state index contributed by atoms with van der Waals surface area (Å²) in [5.74, 6) is -1.68. The van der Waals surface area contributed by atoms with Crippen LogP contribution in [0.15, 0.2) is 48.5 Å². The fourth-order valence-electron chi connectivity index (χ4n) is 3.40. The van der Waals surface area contributed by atoms with Crippen molar-refractivity contribution in [2.24, 2.45) is 5.73 Å². The van der Waals surface area contributed by atoms with Crippen molar-refractivity contribution in [3.63, 3.8) is 0 Å². The number of aromatic nitrogens is 1. The van der Waals surface area contributed by atoms with Crippen LogP contribution in [0.3, 0.4) is 0 Å². The molecule has 1 atom stereocenters. The van der Waals surface area contributed by atoms with Crippen LogP contribution in [-0.4, -0.2) is 28.1 Å². The van der Waals surface area contributed by atoms with E-state index in [2.05, 4.69) is 9.69 Å². The van der Waals surface area contributed by atoms with Gasteiger partial charge in [-0.2, -0.15) is 4.37 Å². The van der Waals surface area contributed by atoms with Gasteiger partial charge in [0.2, 0.25) is 5.91 Å². The average Bonchev–Trinajstić information content (AvgIpc) is 3.13. The molecular formula is C23H25N5O3S. The van der Waals surface area contributed by atoms with E-state index >= 15 is 0 Å². The summed E-state index contributed by atoms with van der Waals surface area (Å²) in [6, 6.07) is 14.2. The minimum Gasteiger partial charge on any atom is -0.395 e. The first-order valence-corrected chi connectivity index (χ1v) is 10.7. The third kappa shape index (κ3) is 4.94. The molecule has 1 heterocycles. The lowest BCUT2D eigenvalue weighted by Gasteiger charge is -2.29. The summed E-state index contributed by atoms with van der Waals surface area (Å²) in [7, 11) is 0. The fourth-order valence-corrected chi connectivity index (χ4v) is 4.14. The molecule has 0 aliphatic heterocycles. The van der Waals surface area contributed by atoms with E-state index in [1.54, 1.807) is 6.92 Å². The third-order valence-electron chi connectivity index (χ3n) is 4.94. The van der Waals surface area contributed by atoms with Gasteiger partial charge in [-0.3, -0.25) is 19.3 Å². The molecule has 1 aromatic heterocycles. The van der Waals surface area contributed by atoms with Gasteiger partial charge in [-0.1, -0.05) is 36.4 Å². The van der Waals surface area contributed by atoms with E-state index in [0.29, 0.717) is 12.2 Å². The van der Waals surface area contributed by atoms with Crippen molar-refractivity contribution in [1.82, 2.24) is 9.69 Å². The van der Waals surface area contributed by atoms with Crippen molar-refractivity contribution in [3.05, 3.63) is 75.8 Å². The Hall–Kier alpha value is -3.72. The average molecular weight is 452 g/mol. The summed E-state index contributed by atoms with van der Waals surface area (Å²) < 4.78 is 3.92. The quantitative estimate of drug-likeness (QED) is 0.508. The largest absolute Gasteiger partial charge is 0.395 e. The highest BCUT2D eigenvalue weighted by molar-refractivity contribution is 7.09. The van der Waals surface area contributed by atoms with Crippen LogP contribution < -0.4 is 21.7 Å². The van der Waals surface area contributed by atoms with Crippen molar-refractivity contribution in [2.45, 2.75) is 33.4 Å². The highest BCUT2D eigenvalue weighted by Crippen LogP contribution is 2.28. The lowest BCUT2D eigenvalue weighted by molar-refractivity contribution is -0.122. The lowest BCUT2D eigenvalue weighted by Crippen LogP contribution is -2.48. The predicted molar refractivity (Wildman–Crippen MR) is 126 cm³/mol. The second-order valence-electron chi connectivity index (χ2n) is 7.54. The normalized spacial score (nSPS) is 11.6. The Kier molecular flexibility index (Phi) is 6.89. The SMILES string of the molecule is Cc1cc(C)cc(N(C(=O)c2snc(C(N)=O)c2N)C(C)C(=O)NCc2ccccc2)c1. The topological polar surface area (TPSA) is 131 Å². The van der Waals surface area contributed by atoms with Crippen molar-refractivity contribution < 1.29 is 14.4 Å². The number of nitrogens with zero attached hydrogens (tertiary/aromatic N) is 2. The molecule has 1 unspecified atom stereocenters. The first-order valence-electron chi connectivity index (χ1n) is 9.97. The first kappa shape index (κ1) is 23.0. The number of hydrogen-bond acceptors (Lipinski definition) is 6. The number of amides is 3. The number of nitrogen functional groups attached to an aromatic ring is 1. The zero-order valence-electron chi connectivity index (χ0n) is 18.1. The Morgan fingerprint density at radius 1 is 1.09 bits per heavy atom. The molecule has 0 aliphatic rings. The fraction of sp³-hybridized carbons (Fsp3) is 0.217. The summed E-state index contributed by atoms with van der Waals surface area (Å²) in [6.07, 6.45) is 0. The molecule has 9 heteroatoms. The molecule has 3 rings (SSSR count). The molecule has 8 nitrogen and oxygen atoms in total. The molecule has 32 heavy (non-hydrogen) atoms. The first-order chi connectivity index (χ1) is 15.2. The van der Waals surface area contributed by atoms with Crippen molar-refractivity contribution in [2.75, 3.05) is 10.6 Å². The second kappa shape index (κ2) is 9.61. The Labute approximate surface area is 190 Å². The van der Waals surface area contributed by atoms with Crippen LogP contribution in [0, 0.1) is 13.8 Å². The Balaban J connectivity index is 1.95. The number of anilines is 2. The van der Waals surface area contributed by atoms with E-state index in [0.717, 1.165) is 28.2 Å². The van der Waals surface area contributed by atoms with Crippen molar-refractivity contribution in [1.29, 1.82) is 0 Å². The van der Waals surface area contributed by atoms with Gasteiger partial charge in [-0.15, -0.1) is 0 Å². The van der Waals surface area contributed by atoms with Gasteiger partial charge in [-0.05, 0) is 61.1 Å². The minimum atomic E-state index is -0.856. The molecular weight excluding hydrogens is 426 g/mol. The number of primary amides is 1. The molecule has 0 spiro atoms. The zero-order chi connectivity index (χ0) is 23.4. The smallest absolute Gasteiger partial charge is 0.272 e. The molecule has 0 radical (unpaired) electrons. The minimum absolute atomic E-state index is 0.0562. The molecule has 0 bridgehead atoms. The van der Waals surface area contributed by atoms with E-state index in [4.69, 9.17) is 11.5 Å². The van der Waals surface area contributed by atoms with Crippen LogP contribution in [0.2, 0.25) is 0 Å².